The largest absolute Gasteiger partial charge is 0.469 e. The Morgan fingerprint density at radius 1 is 1.42 bits per heavy atom. The van der Waals surface area contributed by atoms with Gasteiger partial charge >= 0.3 is 5.69 Å². The highest BCUT2D eigenvalue weighted by Gasteiger charge is 2.21. The summed E-state index contributed by atoms with van der Waals surface area (Å²) in [6, 6.07) is 3.02. The summed E-state index contributed by atoms with van der Waals surface area (Å²) in [4.78, 5) is 14.7. The van der Waals surface area contributed by atoms with Crippen LogP contribution >= 0.6 is 0 Å². The second-order valence-electron chi connectivity index (χ2n) is 4.77. The Morgan fingerprint density at radius 3 is 2.63 bits per heavy atom. The first-order valence-electron chi connectivity index (χ1n) is 6.51. The number of nitrogens with one attached hydrogen (secondary N) is 1. The molecule has 1 unspecified atom stereocenters. The highest BCUT2D eigenvalue weighted by molar-refractivity contribution is 5.49. The Kier molecular flexibility index (Phi) is 5.54. The molecule has 0 aliphatic heterocycles. The lowest BCUT2D eigenvalue weighted by molar-refractivity contribution is -0.386. The van der Waals surface area contributed by atoms with Crippen molar-refractivity contribution in [1.29, 1.82) is 0 Å². The van der Waals surface area contributed by atoms with Gasteiger partial charge in [0.1, 0.15) is 11.9 Å². The molecule has 1 aromatic rings. The topological polar surface area (TPSA) is 77.3 Å². The summed E-state index contributed by atoms with van der Waals surface area (Å²) < 4.78 is 5.60. The Hall–Kier alpha value is -1.85. The number of aromatic nitrogens is 1. The van der Waals surface area contributed by atoms with E-state index in [4.69, 9.17) is 4.74 Å². The first kappa shape index (κ1) is 15.2. The molecular weight excluding hydrogens is 246 g/mol. The van der Waals surface area contributed by atoms with Crippen molar-refractivity contribution in [3.05, 3.63) is 22.2 Å². The van der Waals surface area contributed by atoms with E-state index in [1.54, 1.807) is 6.07 Å². The van der Waals surface area contributed by atoms with E-state index in [0.29, 0.717) is 5.82 Å². The van der Waals surface area contributed by atoms with Gasteiger partial charge < -0.3 is 10.1 Å². The normalized spacial score (nSPS) is 12.3. The number of hydrogen-bond donors (Lipinski definition) is 1. The zero-order valence-corrected chi connectivity index (χ0v) is 11.8. The van der Waals surface area contributed by atoms with Gasteiger partial charge in [-0.2, -0.15) is 4.98 Å². The fourth-order valence-corrected chi connectivity index (χ4v) is 1.32. The highest BCUT2D eigenvalue weighted by atomic mass is 16.6. The molecule has 19 heavy (non-hydrogen) atoms. The zero-order valence-electron chi connectivity index (χ0n) is 11.8. The summed E-state index contributed by atoms with van der Waals surface area (Å²) in [5, 5.41) is 14.1. The average molecular weight is 267 g/mol. The molecule has 0 saturated heterocycles. The van der Waals surface area contributed by atoms with Crippen molar-refractivity contribution < 1.29 is 9.66 Å². The number of rotatable bonds is 7. The lowest BCUT2D eigenvalue weighted by atomic mass is 10.1. The SMILES string of the molecule is CCCNc1ccc([N+](=O)[O-])c(OC(C)C(C)C)n1. The van der Waals surface area contributed by atoms with Crippen LogP contribution in [0.15, 0.2) is 12.1 Å². The number of nitrogens with zero attached hydrogens (tertiary/aromatic N) is 2. The summed E-state index contributed by atoms with van der Waals surface area (Å²) in [7, 11) is 0. The molecule has 0 radical (unpaired) electrons. The van der Waals surface area contributed by atoms with Crippen LogP contribution in [0.2, 0.25) is 0 Å². The van der Waals surface area contributed by atoms with E-state index in [1.165, 1.54) is 6.07 Å². The van der Waals surface area contributed by atoms with Crippen molar-refractivity contribution in [1.82, 2.24) is 4.98 Å². The highest BCUT2D eigenvalue weighted by Crippen LogP contribution is 2.28. The summed E-state index contributed by atoms with van der Waals surface area (Å²) in [5.41, 5.74) is -0.102. The lowest BCUT2D eigenvalue weighted by Crippen LogP contribution is -2.20. The molecule has 1 atom stereocenters. The fourth-order valence-electron chi connectivity index (χ4n) is 1.32. The van der Waals surface area contributed by atoms with Gasteiger partial charge in [-0.3, -0.25) is 10.1 Å². The predicted octanol–water partition coefficient (Wildman–Crippen LogP) is 3.24. The van der Waals surface area contributed by atoms with E-state index in [9.17, 15) is 10.1 Å². The second-order valence-corrected chi connectivity index (χ2v) is 4.77. The molecule has 0 aliphatic carbocycles. The van der Waals surface area contributed by atoms with Crippen LogP contribution in [0, 0.1) is 16.0 Å². The monoisotopic (exact) mass is 267 g/mol. The van der Waals surface area contributed by atoms with Gasteiger partial charge in [0, 0.05) is 12.6 Å². The van der Waals surface area contributed by atoms with Gasteiger partial charge in [-0.15, -0.1) is 0 Å². The molecule has 0 spiro atoms. The Bertz CT molecular complexity index is 435. The van der Waals surface area contributed by atoms with Crippen molar-refractivity contribution in [3.8, 4) is 5.88 Å². The van der Waals surface area contributed by atoms with Gasteiger partial charge in [0.05, 0.1) is 4.92 Å². The molecule has 1 rings (SSSR count). The summed E-state index contributed by atoms with van der Waals surface area (Å²) in [6.07, 6.45) is 0.824. The maximum absolute atomic E-state index is 11.0. The van der Waals surface area contributed by atoms with E-state index in [-0.39, 0.29) is 23.6 Å². The molecular formula is C13H21N3O3. The minimum atomic E-state index is -0.473. The van der Waals surface area contributed by atoms with Crippen LogP contribution in [0.4, 0.5) is 11.5 Å². The average Bonchev–Trinajstić information content (AvgIpc) is 2.36. The molecule has 0 bridgehead atoms. The molecule has 0 amide bonds. The van der Waals surface area contributed by atoms with Crippen molar-refractivity contribution in [2.75, 3.05) is 11.9 Å². The molecule has 0 fully saturated rings. The van der Waals surface area contributed by atoms with E-state index in [0.717, 1.165) is 13.0 Å². The molecule has 0 saturated carbocycles. The summed E-state index contributed by atoms with van der Waals surface area (Å²) in [5.74, 6) is 0.930. The summed E-state index contributed by atoms with van der Waals surface area (Å²) >= 11 is 0. The van der Waals surface area contributed by atoms with E-state index in [2.05, 4.69) is 10.3 Å². The summed E-state index contributed by atoms with van der Waals surface area (Å²) in [6.45, 7) is 8.67. The van der Waals surface area contributed by atoms with Gasteiger partial charge in [-0.25, -0.2) is 0 Å². The molecule has 0 aliphatic rings. The maximum Gasteiger partial charge on any atom is 0.331 e. The van der Waals surface area contributed by atoms with Crippen LogP contribution in [0.1, 0.15) is 34.1 Å². The molecule has 1 N–H and O–H groups in total. The quantitative estimate of drug-likeness (QED) is 0.606. The van der Waals surface area contributed by atoms with Crippen LogP contribution in [-0.2, 0) is 0 Å². The smallest absolute Gasteiger partial charge is 0.331 e. The van der Waals surface area contributed by atoms with Crippen LogP contribution in [-0.4, -0.2) is 22.6 Å². The number of anilines is 1. The fraction of sp³-hybridized carbons (Fsp3) is 0.615. The van der Waals surface area contributed by atoms with Crippen LogP contribution < -0.4 is 10.1 Å². The molecule has 106 valence electrons. The van der Waals surface area contributed by atoms with Gasteiger partial charge in [0.25, 0.3) is 5.88 Å². The van der Waals surface area contributed by atoms with Crippen molar-refractivity contribution >= 4 is 11.5 Å². The van der Waals surface area contributed by atoms with Gasteiger partial charge in [-0.1, -0.05) is 20.8 Å². The van der Waals surface area contributed by atoms with Crippen LogP contribution in [0.5, 0.6) is 5.88 Å². The number of hydrogen-bond acceptors (Lipinski definition) is 5. The number of pyridine rings is 1. The first-order chi connectivity index (χ1) is 8.95. The third-order valence-corrected chi connectivity index (χ3v) is 2.83. The Labute approximate surface area is 113 Å². The predicted molar refractivity (Wildman–Crippen MR) is 74.6 cm³/mol. The van der Waals surface area contributed by atoms with Crippen LogP contribution in [0.3, 0.4) is 0 Å². The third-order valence-electron chi connectivity index (χ3n) is 2.83. The molecule has 6 heteroatoms. The maximum atomic E-state index is 11.0. The standard InChI is InChI=1S/C13H21N3O3/c1-5-8-14-12-7-6-11(16(17)18)13(15-12)19-10(4)9(2)3/h6-7,9-10H,5,8H2,1-4H3,(H,14,15). The van der Waals surface area contributed by atoms with Gasteiger partial charge in [-0.05, 0) is 25.3 Å². The van der Waals surface area contributed by atoms with Gasteiger partial charge in [0.2, 0.25) is 0 Å². The van der Waals surface area contributed by atoms with Crippen LogP contribution in [0.25, 0.3) is 0 Å². The molecule has 0 aromatic carbocycles. The van der Waals surface area contributed by atoms with Crippen molar-refractivity contribution in [2.24, 2.45) is 5.92 Å². The van der Waals surface area contributed by atoms with Crippen molar-refractivity contribution in [3.63, 3.8) is 0 Å². The minimum absolute atomic E-state index is 0.0762. The zero-order chi connectivity index (χ0) is 14.4. The van der Waals surface area contributed by atoms with E-state index in [1.807, 2.05) is 27.7 Å². The molecule has 6 nitrogen and oxygen atoms in total. The third kappa shape index (κ3) is 4.39. The molecule has 1 aromatic heterocycles. The number of nitro groups is 1. The Morgan fingerprint density at radius 2 is 2.11 bits per heavy atom. The van der Waals surface area contributed by atoms with Gasteiger partial charge in [0.15, 0.2) is 0 Å². The number of ether oxygens (including phenoxy) is 1. The first-order valence-corrected chi connectivity index (χ1v) is 6.51. The molecule has 1 heterocycles. The van der Waals surface area contributed by atoms with Crippen molar-refractivity contribution in [2.45, 2.75) is 40.2 Å². The Balaban J connectivity index is 2.98. The second kappa shape index (κ2) is 6.92. The van der Waals surface area contributed by atoms with E-state index < -0.39 is 4.92 Å². The lowest BCUT2D eigenvalue weighted by Gasteiger charge is -2.17. The minimum Gasteiger partial charge on any atom is -0.469 e. The van der Waals surface area contributed by atoms with E-state index >= 15 is 0 Å².